The number of carbonyl (C=O) groups is 1. The zero-order chi connectivity index (χ0) is 13.1. The number of aromatic nitrogens is 1. The smallest absolute Gasteiger partial charge is 0.274 e. The van der Waals surface area contributed by atoms with E-state index in [9.17, 15) is 4.79 Å². The van der Waals surface area contributed by atoms with Crippen molar-refractivity contribution in [3.8, 4) is 0 Å². The maximum absolute atomic E-state index is 11.9. The van der Waals surface area contributed by atoms with Gasteiger partial charge in [0.15, 0.2) is 0 Å². The van der Waals surface area contributed by atoms with Crippen molar-refractivity contribution in [3.63, 3.8) is 0 Å². The van der Waals surface area contributed by atoms with Crippen LogP contribution in [0.1, 0.15) is 10.5 Å². The highest BCUT2D eigenvalue weighted by molar-refractivity contribution is 9.10. The molecule has 0 aliphatic rings. The van der Waals surface area contributed by atoms with Crippen LogP contribution in [0, 0.1) is 0 Å². The lowest BCUT2D eigenvalue weighted by Gasteiger charge is -2.06. The second kappa shape index (κ2) is 5.37. The molecule has 1 heterocycles. The molecule has 92 valence electrons. The van der Waals surface area contributed by atoms with Gasteiger partial charge in [0.2, 0.25) is 0 Å². The van der Waals surface area contributed by atoms with Crippen LogP contribution >= 0.6 is 27.5 Å². The maximum Gasteiger partial charge on any atom is 0.274 e. The van der Waals surface area contributed by atoms with E-state index in [0.717, 1.165) is 0 Å². The fourth-order valence-electron chi connectivity index (χ4n) is 1.34. The molecule has 0 fully saturated rings. The minimum Gasteiger partial charge on any atom is -0.399 e. The van der Waals surface area contributed by atoms with Crippen molar-refractivity contribution in [2.24, 2.45) is 0 Å². The molecule has 0 spiro atoms. The number of rotatable bonds is 2. The van der Waals surface area contributed by atoms with Gasteiger partial charge in [-0.2, -0.15) is 0 Å². The van der Waals surface area contributed by atoms with Gasteiger partial charge in [-0.25, -0.2) is 0 Å². The van der Waals surface area contributed by atoms with Gasteiger partial charge in [0.1, 0.15) is 5.69 Å². The van der Waals surface area contributed by atoms with Gasteiger partial charge in [-0.3, -0.25) is 9.78 Å². The third-order valence-electron chi connectivity index (χ3n) is 2.19. The van der Waals surface area contributed by atoms with Gasteiger partial charge >= 0.3 is 0 Å². The zero-order valence-corrected chi connectivity index (χ0v) is 11.5. The number of nitrogen functional groups attached to an aromatic ring is 1. The summed E-state index contributed by atoms with van der Waals surface area (Å²) >= 11 is 9.15. The lowest BCUT2D eigenvalue weighted by atomic mass is 10.3. The van der Waals surface area contributed by atoms with E-state index < -0.39 is 0 Å². The van der Waals surface area contributed by atoms with E-state index in [0.29, 0.717) is 20.9 Å². The fourth-order valence-corrected chi connectivity index (χ4v) is 1.84. The summed E-state index contributed by atoms with van der Waals surface area (Å²) in [6.07, 6.45) is 1.49. The number of carbonyl (C=O) groups excluding carboxylic acids is 1. The summed E-state index contributed by atoms with van der Waals surface area (Å²) in [6, 6.07) is 8.24. The van der Waals surface area contributed by atoms with E-state index >= 15 is 0 Å². The first-order valence-electron chi connectivity index (χ1n) is 5.04. The number of nitrogens with one attached hydrogen (secondary N) is 1. The van der Waals surface area contributed by atoms with E-state index in [4.69, 9.17) is 17.3 Å². The van der Waals surface area contributed by atoms with Gasteiger partial charge in [-0.15, -0.1) is 0 Å². The second-order valence-electron chi connectivity index (χ2n) is 3.56. The standard InChI is InChI=1S/C12H9BrClN3O/c13-9-6-8(1-2-10(9)14)17-12(18)11-5-7(15)3-4-16-11/h1-6H,(H2,15,16)(H,17,18). The molecule has 2 rings (SSSR count). The predicted octanol–water partition coefficient (Wildman–Crippen LogP) is 3.33. The highest BCUT2D eigenvalue weighted by Gasteiger charge is 2.08. The van der Waals surface area contributed by atoms with E-state index in [1.807, 2.05) is 0 Å². The normalized spacial score (nSPS) is 10.1. The minimum atomic E-state index is -0.323. The third-order valence-corrected chi connectivity index (χ3v) is 3.41. The Bertz CT molecular complexity index is 604. The molecule has 0 saturated heterocycles. The molecule has 6 heteroatoms. The molecule has 2 aromatic rings. The summed E-state index contributed by atoms with van der Waals surface area (Å²) in [7, 11) is 0. The topological polar surface area (TPSA) is 68.0 Å². The number of hydrogen-bond acceptors (Lipinski definition) is 3. The first-order valence-corrected chi connectivity index (χ1v) is 6.21. The molecular formula is C12H9BrClN3O. The van der Waals surface area contributed by atoms with Gasteiger partial charge in [-0.05, 0) is 46.3 Å². The monoisotopic (exact) mass is 325 g/mol. The quantitative estimate of drug-likeness (QED) is 0.889. The molecule has 1 amide bonds. The number of hydrogen-bond donors (Lipinski definition) is 2. The number of pyridine rings is 1. The zero-order valence-electron chi connectivity index (χ0n) is 9.15. The van der Waals surface area contributed by atoms with Crippen LogP contribution in [0.3, 0.4) is 0 Å². The van der Waals surface area contributed by atoms with E-state index in [1.165, 1.54) is 12.3 Å². The molecule has 1 aromatic heterocycles. The van der Waals surface area contributed by atoms with Crippen molar-refractivity contribution < 1.29 is 4.79 Å². The van der Waals surface area contributed by atoms with Crippen molar-refractivity contribution >= 4 is 44.8 Å². The Morgan fingerprint density at radius 2 is 2.11 bits per heavy atom. The number of benzene rings is 1. The molecule has 0 aliphatic heterocycles. The third kappa shape index (κ3) is 3.00. The summed E-state index contributed by atoms with van der Waals surface area (Å²) in [4.78, 5) is 15.8. The van der Waals surface area contributed by atoms with Gasteiger partial charge < -0.3 is 11.1 Å². The van der Waals surface area contributed by atoms with Crippen LogP contribution in [0.2, 0.25) is 5.02 Å². The molecule has 4 nitrogen and oxygen atoms in total. The SMILES string of the molecule is Nc1ccnc(C(=O)Nc2ccc(Cl)c(Br)c2)c1. The average molecular weight is 327 g/mol. The van der Waals surface area contributed by atoms with E-state index in [2.05, 4.69) is 26.2 Å². The number of nitrogens with zero attached hydrogens (tertiary/aromatic N) is 1. The lowest BCUT2D eigenvalue weighted by molar-refractivity contribution is 0.102. The highest BCUT2D eigenvalue weighted by Crippen LogP contribution is 2.25. The minimum absolute atomic E-state index is 0.265. The molecular weight excluding hydrogens is 318 g/mol. The molecule has 1 aromatic carbocycles. The Morgan fingerprint density at radius 3 is 2.78 bits per heavy atom. The average Bonchev–Trinajstić information content (AvgIpc) is 2.34. The number of amides is 1. The van der Waals surface area contributed by atoms with Gasteiger partial charge in [0, 0.05) is 22.0 Å². The Balaban J connectivity index is 2.18. The number of anilines is 2. The summed E-state index contributed by atoms with van der Waals surface area (Å²) in [5.74, 6) is -0.323. The van der Waals surface area contributed by atoms with E-state index in [-0.39, 0.29) is 11.6 Å². The predicted molar refractivity (Wildman–Crippen MR) is 75.8 cm³/mol. The van der Waals surface area contributed by atoms with Gasteiger partial charge in [0.25, 0.3) is 5.91 Å². The molecule has 18 heavy (non-hydrogen) atoms. The number of halogens is 2. The van der Waals surface area contributed by atoms with Crippen LogP contribution < -0.4 is 11.1 Å². The Hall–Kier alpha value is -1.59. The molecule has 0 radical (unpaired) electrons. The molecule has 0 atom stereocenters. The first kappa shape index (κ1) is 12.9. The summed E-state index contributed by atoms with van der Waals surface area (Å²) in [6.45, 7) is 0. The van der Waals surface area contributed by atoms with Crippen LogP contribution in [-0.2, 0) is 0 Å². The Kier molecular flexibility index (Phi) is 3.84. The molecule has 3 N–H and O–H groups in total. The lowest BCUT2D eigenvalue weighted by Crippen LogP contribution is -2.13. The van der Waals surface area contributed by atoms with Gasteiger partial charge in [0.05, 0.1) is 5.02 Å². The summed E-state index contributed by atoms with van der Waals surface area (Å²) in [5, 5.41) is 3.29. The van der Waals surface area contributed by atoms with Crippen LogP contribution in [0.5, 0.6) is 0 Å². The van der Waals surface area contributed by atoms with Crippen LogP contribution in [-0.4, -0.2) is 10.9 Å². The van der Waals surface area contributed by atoms with Crippen LogP contribution in [0.25, 0.3) is 0 Å². The van der Waals surface area contributed by atoms with Crippen molar-refractivity contribution in [1.82, 2.24) is 4.98 Å². The Morgan fingerprint density at radius 1 is 1.33 bits per heavy atom. The molecule has 0 unspecified atom stereocenters. The Labute approximate surface area is 117 Å². The van der Waals surface area contributed by atoms with Crippen LogP contribution in [0.4, 0.5) is 11.4 Å². The molecule has 0 aliphatic carbocycles. The maximum atomic E-state index is 11.9. The van der Waals surface area contributed by atoms with Crippen molar-refractivity contribution in [2.45, 2.75) is 0 Å². The largest absolute Gasteiger partial charge is 0.399 e. The molecule has 0 bridgehead atoms. The summed E-state index contributed by atoms with van der Waals surface area (Å²) < 4.78 is 0.711. The highest BCUT2D eigenvalue weighted by atomic mass is 79.9. The van der Waals surface area contributed by atoms with Crippen LogP contribution in [0.15, 0.2) is 41.0 Å². The van der Waals surface area contributed by atoms with Gasteiger partial charge in [-0.1, -0.05) is 11.6 Å². The number of nitrogens with two attached hydrogens (primary N) is 1. The summed E-state index contributed by atoms with van der Waals surface area (Å²) in [5.41, 5.74) is 6.97. The van der Waals surface area contributed by atoms with Crippen molar-refractivity contribution in [2.75, 3.05) is 11.1 Å². The van der Waals surface area contributed by atoms with E-state index in [1.54, 1.807) is 24.3 Å². The first-order chi connectivity index (χ1) is 8.56. The fraction of sp³-hybridized carbons (Fsp3) is 0. The second-order valence-corrected chi connectivity index (χ2v) is 4.82. The van der Waals surface area contributed by atoms with Crippen molar-refractivity contribution in [3.05, 3.63) is 51.7 Å². The van der Waals surface area contributed by atoms with Crippen molar-refractivity contribution in [1.29, 1.82) is 0 Å². The molecule has 0 saturated carbocycles.